The Hall–Kier alpha value is -0.160. The summed E-state index contributed by atoms with van der Waals surface area (Å²) in [7, 11) is 1.60. The van der Waals surface area contributed by atoms with Crippen molar-refractivity contribution in [3.8, 4) is 0 Å². The molecule has 0 aromatic rings. The van der Waals surface area contributed by atoms with E-state index in [1.807, 2.05) is 0 Å². The second-order valence-electron chi connectivity index (χ2n) is 3.88. The first-order valence-corrected chi connectivity index (χ1v) is 4.90. The van der Waals surface area contributed by atoms with Crippen LogP contribution in [0.4, 0.5) is 0 Å². The molecule has 0 bridgehead atoms. The van der Waals surface area contributed by atoms with E-state index in [2.05, 4.69) is 0 Å². The minimum atomic E-state index is -0.327. The second kappa shape index (κ2) is 3.53. The summed E-state index contributed by atoms with van der Waals surface area (Å²) in [5.74, 6) is -0.327. The Kier molecular flexibility index (Phi) is 2.55. The molecule has 1 aliphatic heterocycles. The zero-order valence-corrected chi connectivity index (χ0v) is 7.99. The highest BCUT2D eigenvalue weighted by Gasteiger charge is 2.40. The van der Waals surface area contributed by atoms with Crippen LogP contribution >= 0.6 is 0 Å². The Labute approximate surface area is 78.4 Å². The summed E-state index contributed by atoms with van der Waals surface area (Å²) in [5.41, 5.74) is 0. The quantitative estimate of drug-likeness (QED) is 0.575. The van der Waals surface area contributed by atoms with Gasteiger partial charge in [-0.3, -0.25) is 0 Å². The van der Waals surface area contributed by atoms with Gasteiger partial charge in [-0.15, -0.1) is 0 Å². The number of hydrogen-bond donors (Lipinski definition) is 0. The third-order valence-electron chi connectivity index (χ3n) is 3.04. The van der Waals surface area contributed by atoms with Crippen molar-refractivity contribution in [3.05, 3.63) is 5.21 Å². The maximum atomic E-state index is 11.0. The van der Waals surface area contributed by atoms with Crippen LogP contribution in [-0.4, -0.2) is 37.2 Å². The molecule has 1 heterocycles. The van der Waals surface area contributed by atoms with Crippen LogP contribution in [0.15, 0.2) is 0 Å². The van der Waals surface area contributed by atoms with Crippen LogP contribution in [0.2, 0.25) is 0 Å². The van der Waals surface area contributed by atoms with Crippen LogP contribution in [0.25, 0.3) is 0 Å². The highest BCUT2D eigenvalue weighted by molar-refractivity contribution is 4.85. The standard InChI is InChI=1S/C9H16NO3/c1-10(11)8-2-4-9(5-3-8)12-6-7-13-9/h8H,2-7H2,1H3/q-1. The van der Waals surface area contributed by atoms with Crippen LogP contribution in [0.5, 0.6) is 0 Å². The fraction of sp³-hybridized carbons (Fsp3) is 1.00. The maximum Gasteiger partial charge on any atom is 0.168 e. The molecule has 1 saturated heterocycles. The topological polar surface area (TPSA) is 44.8 Å². The third-order valence-corrected chi connectivity index (χ3v) is 3.04. The number of rotatable bonds is 1. The molecular formula is C9H16NO3-. The third kappa shape index (κ3) is 1.86. The molecule has 76 valence electrons. The van der Waals surface area contributed by atoms with Gasteiger partial charge in [0.05, 0.1) is 13.2 Å². The van der Waals surface area contributed by atoms with E-state index in [9.17, 15) is 5.21 Å². The van der Waals surface area contributed by atoms with Crippen molar-refractivity contribution < 1.29 is 9.47 Å². The van der Waals surface area contributed by atoms with Crippen molar-refractivity contribution in [1.82, 2.24) is 5.06 Å². The van der Waals surface area contributed by atoms with Gasteiger partial charge < -0.3 is 19.7 Å². The molecular weight excluding hydrogens is 170 g/mol. The lowest BCUT2D eigenvalue weighted by molar-refractivity contribution is -0.182. The van der Waals surface area contributed by atoms with E-state index in [0.29, 0.717) is 13.2 Å². The van der Waals surface area contributed by atoms with Gasteiger partial charge in [-0.1, -0.05) is 0 Å². The van der Waals surface area contributed by atoms with Crippen molar-refractivity contribution in [2.45, 2.75) is 37.5 Å². The first kappa shape index (κ1) is 9.40. The normalized spacial score (nSPS) is 28.8. The molecule has 2 aliphatic rings. The fourth-order valence-electron chi connectivity index (χ4n) is 2.19. The van der Waals surface area contributed by atoms with Crippen LogP contribution in [0, 0.1) is 5.21 Å². The van der Waals surface area contributed by atoms with Crippen LogP contribution in [0.3, 0.4) is 0 Å². The lowest BCUT2D eigenvalue weighted by Gasteiger charge is -2.41. The summed E-state index contributed by atoms with van der Waals surface area (Å²) in [6.07, 6.45) is 3.51. The lowest BCUT2D eigenvalue weighted by Crippen LogP contribution is -2.41. The van der Waals surface area contributed by atoms with E-state index < -0.39 is 0 Å². The minimum Gasteiger partial charge on any atom is -0.785 e. The zero-order chi connectivity index (χ0) is 9.31. The second-order valence-corrected chi connectivity index (χ2v) is 3.88. The van der Waals surface area contributed by atoms with E-state index in [4.69, 9.17) is 9.47 Å². The van der Waals surface area contributed by atoms with Crippen LogP contribution < -0.4 is 0 Å². The average molecular weight is 186 g/mol. The summed E-state index contributed by atoms with van der Waals surface area (Å²) < 4.78 is 11.1. The summed E-state index contributed by atoms with van der Waals surface area (Å²) in [5, 5.41) is 12.1. The van der Waals surface area contributed by atoms with Gasteiger partial charge in [0, 0.05) is 12.8 Å². The molecule has 1 spiro atoms. The van der Waals surface area contributed by atoms with Gasteiger partial charge in [0.2, 0.25) is 0 Å². The molecule has 0 aromatic carbocycles. The van der Waals surface area contributed by atoms with E-state index >= 15 is 0 Å². The molecule has 4 heteroatoms. The van der Waals surface area contributed by atoms with Crippen molar-refractivity contribution in [2.75, 3.05) is 20.3 Å². The predicted octanol–water partition coefficient (Wildman–Crippen LogP) is 1.10. The summed E-state index contributed by atoms with van der Waals surface area (Å²) >= 11 is 0. The zero-order valence-electron chi connectivity index (χ0n) is 7.99. The maximum absolute atomic E-state index is 11.0. The van der Waals surface area contributed by atoms with E-state index in [-0.39, 0.29) is 11.8 Å². The molecule has 0 amide bonds. The smallest absolute Gasteiger partial charge is 0.168 e. The number of hydroxylamine groups is 2. The van der Waals surface area contributed by atoms with E-state index in [0.717, 1.165) is 30.7 Å². The summed E-state index contributed by atoms with van der Waals surface area (Å²) in [6, 6.07) is 0.165. The Morgan fingerprint density at radius 3 is 2.23 bits per heavy atom. The van der Waals surface area contributed by atoms with Crippen molar-refractivity contribution in [1.29, 1.82) is 0 Å². The monoisotopic (exact) mass is 186 g/mol. The Morgan fingerprint density at radius 1 is 1.23 bits per heavy atom. The van der Waals surface area contributed by atoms with Gasteiger partial charge >= 0.3 is 0 Å². The SMILES string of the molecule is CN([O-])C1CCC2(CC1)OCCO2. The summed E-state index contributed by atoms with van der Waals surface area (Å²) in [4.78, 5) is 0. The minimum absolute atomic E-state index is 0.165. The van der Waals surface area contributed by atoms with E-state index in [1.54, 1.807) is 7.05 Å². The molecule has 0 aromatic heterocycles. The van der Waals surface area contributed by atoms with Crippen molar-refractivity contribution in [2.24, 2.45) is 0 Å². The molecule has 0 N–H and O–H groups in total. The van der Waals surface area contributed by atoms with E-state index in [1.165, 1.54) is 0 Å². The van der Waals surface area contributed by atoms with Crippen molar-refractivity contribution in [3.63, 3.8) is 0 Å². The molecule has 13 heavy (non-hydrogen) atoms. The first-order valence-electron chi connectivity index (χ1n) is 4.90. The Morgan fingerprint density at radius 2 is 1.77 bits per heavy atom. The number of nitrogens with zero attached hydrogens (tertiary/aromatic N) is 1. The molecule has 4 nitrogen and oxygen atoms in total. The van der Waals surface area contributed by atoms with Crippen LogP contribution in [-0.2, 0) is 9.47 Å². The highest BCUT2D eigenvalue weighted by atomic mass is 16.7. The van der Waals surface area contributed by atoms with Gasteiger partial charge in [-0.25, -0.2) is 0 Å². The molecule has 0 atom stereocenters. The molecule has 2 fully saturated rings. The van der Waals surface area contributed by atoms with Gasteiger partial charge in [-0.05, 0) is 25.9 Å². The Balaban J connectivity index is 1.88. The molecule has 1 saturated carbocycles. The van der Waals surface area contributed by atoms with Crippen LogP contribution in [0.1, 0.15) is 25.7 Å². The van der Waals surface area contributed by atoms with Gasteiger partial charge in [0.15, 0.2) is 5.79 Å². The molecule has 0 unspecified atom stereocenters. The lowest BCUT2D eigenvalue weighted by atomic mass is 9.90. The van der Waals surface area contributed by atoms with Gasteiger partial charge in [-0.2, -0.15) is 0 Å². The molecule has 2 rings (SSSR count). The van der Waals surface area contributed by atoms with Gasteiger partial charge in [0.1, 0.15) is 0 Å². The Bertz CT molecular complexity index is 168. The summed E-state index contributed by atoms with van der Waals surface area (Å²) in [6.45, 7) is 1.41. The largest absolute Gasteiger partial charge is 0.785 e. The van der Waals surface area contributed by atoms with Gasteiger partial charge in [0.25, 0.3) is 0 Å². The fourth-order valence-corrected chi connectivity index (χ4v) is 2.19. The molecule has 1 aliphatic carbocycles. The highest BCUT2D eigenvalue weighted by Crippen LogP contribution is 2.36. The average Bonchev–Trinajstić information content (AvgIpc) is 2.54. The molecule has 0 radical (unpaired) electrons. The predicted molar refractivity (Wildman–Crippen MR) is 48.0 cm³/mol. The number of ether oxygens (including phenoxy) is 2. The number of hydrogen-bond acceptors (Lipinski definition) is 4. The van der Waals surface area contributed by atoms with Crippen molar-refractivity contribution >= 4 is 0 Å². The first-order chi connectivity index (χ1) is 6.22.